The molecule has 1 aliphatic rings. The van der Waals surface area contributed by atoms with Gasteiger partial charge < -0.3 is 4.74 Å². The van der Waals surface area contributed by atoms with Crippen LogP contribution in [0.2, 0.25) is 0 Å². The van der Waals surface area contributed by atoms with E-state index < -0.39 is 0 Å². The Hall–Kier alpha value is -1.13. The van der Waals surface area contributed by atoms with Gasteiger partial charge >= 0.3 is 0 Å². The van der Waals surface area contributed by atoms with Crippen LogP contribution in [0.5, 0.6) is 0 Å². The molecule has 0 aliphatic carbocycles. The fourth-order valence-corrected chi connectivity index (χ4v) is 1.93. The Morgan fingerprint density at radius 3 is 2.67 bits per heavy atom. The standard InChI is InChI=1S/C11H14N2OS/c1-8-10(9-6-4-3-5-7-9)14-11(15)12-13(8)2/h3-8,10H,1-2H3,(H,12,15)/t8-,10-/m0/s1. The Labute approximate surface area is 95.0 Å². The second kappa shape index (κ2) is 4.16. The molecule has 1 aliphatic heterocycles. The van der Waals surface area contributed by atoms with Gasteiger partial charge in [0.1, 0.15) is 6.10 Å². The van der Waals surface area contributed by atoms with Crippen molar-refractivity contribution >= 4 is 17.4 Å². The van der Waals surface area contributed by atoms with Gasteiger partial charge in [0.15, 0.2) is 0 Å². The normalized spacial score (nSPS) is 26.9. The van der Waals surface area contributed by atoms with E-state index in [1.807, 2.05) is 30.3 Å². The Morgan fingerprint density at radius 2 is 2.00 bits per heavy atom. The van der Waals surface area contributed by atoms with Gasteiger partial charge in [-0.2, -0.15) is 0 Å². The first-order valence-electron chi connectivity index (χ1n) is 4.93. The zero-order valence-corrected chi connectivity index (χ0v) is 9.62. The zero-order chi connectivity index (χ0) is 10.8. The maximum Gasteiger partial charge on any atom is 0.272 e. The van der Waals surface area contributed by atoms with Gasteiger partial charge in [0, 0.05) is 7.05 Å². The number of ether oxygens (including phenoxy) is 1. The van der Waals surface area contributed by atoms with E-state index >= 15 is 0 Å². The molecule has 1 heterocycles. The minimum Gasteiger partial charge on any atom is -0.460 e. The van der Waals surface area contributed by atoms with Crippen molar-refractivity contribution in [3.63, 3.8) is 0 Å². The minimum absolute atomic E-state index is 0.00458. The number of hydrogen-bond donors (Lipinski definition) is 1. The highest BCUT2D eigenvalue weighted by Gasteiger charge is 2.30. The first-order valence-corrected chi connectivity index (χ1v) is 5.34. The minimum atomic E-state index is 0.00458. The molecular weight excluding hydrogens is 208 g/mol. The summed E-state index contributed by atoms with van der Waals surface area (Å²) < 4.78 is 5.63. The van der Waals surface area contributed by atoms with E-state index in [1.165, 1.54) is 0 Å². The van der Waals surface area contributed by atoms with Crippen LogP contribution in [-0.4, -0.2) is 23.3 Å². The molecule has 2 rings (SSSR count). The number of likely N-dealkylation sites (N-methyl/N-ethyl adjacent to an activating group) is 1. The van der Waals surface area contributed by atoms with Crippen molar-refractivity contribution in [3.8, 4) is 0 Å². The summed E-state index contributed by atoms with van der Waals surface area (Å²) in [6.07, 6.45) is 0.00458. The van der Waals surface area contributed by atoms with Crippen molar-refractivity contribution in [1.29, 1.82) is 0 Å². The van der Waals surface area contributed by atoms with Gasteiger partial charge in [0.2, 0.25) is 0 Å². The summed E-state index contributed by atoms with van der Waals surface area (Å²) in [4.78, 5) is 0. The third-order valence-electron chi connectivity index (χ3n) is 2.68. The molecular formula is C11H14N2OS. The van der Waals surface area contributed by atoms with Gasteiger partial charge in [-0.05, 0) is 24.7 Å². The molecule has 1 saturated heterocycles. The largest absolute Gasteiger partial charge is 0.460 e. The molecule has 0 spiro atoms. The van der Waals surface area contributed by atoms with Crippen LogP contribution in [0.3, 0.4) is 0 Å². The Kier molecular flexibility index (Phi) is 2.88. The first-order chi connectivity index (χ1) is 7.18. The smallest absolute Gasteiger partial charge is 0.272 e. The number of nitrogens with one attached hydrogen (secondary N) is 1. The lowest BCUT2D eigenvalue weighted by Gasteiger charge is -2.38. The lowest BCUT2D eigenvalue weighted by Crippen LogP contribution is -2.53. The Morgan fingerprint density at radius 1 is 1.33 bits per heavy atom. The molecule has 80 valence electrons. The number of thiocarbonyl (C=S) groups is 1. The van der Waals surface area contributed by atoms with E-state index in [2.05, 4.69) is 24.5 Å². The molecule has 3 nitrogen and oxygen atoms in total. The van der Waals surface area contributed by atoms with Crippen LogP contribution < -0.4 is 5.43 Å². The van der Waals surface area contributed by atoms with Crippen LogP contribution >= 0.6 is 12.2 Å². The van der Waals surface area contributed by atoms with Crippen molar-refractivity contribution in [2.75, 3.05) is 7.05 Å². The van der Waals surface area contributed by atoms with Crippen LogP contribution in [0.25, 0.3) is 0 Å². The fraction of sp³-hybridized carbons (Fsp3) is 0.364. The van der Waals surface area contributed by atoms with Gasteiger partial charge in [0.05, 0.1) is 6.04 Å². The SMILES string of the molecule is C[C@H]1[C@@H](c2ccccc2)OC(=S)NN1C. The molecule has 0 aromatic heterocycles. The van der Waals surface area contributed by atoms with Crippen LogP contribution in [0.1, 0.15) is 18.6 Å². The third-order valence-corrected chi connectivity index (χ3v) is 2.87. The third kappa shape index (κ3) is 2.11. The molecule has 4 heteroatoms. The number of nitrogens with zero attached hydrogens (tertiary/aromatic N) is 1. The fourth-order valence-electron chi connectivity index (χ4n) is 1.68. The molecule has 1 fully saturated rings. The lowest BCUT2D eigenvalue weighted by atomic mass is 10.0. The van der Waals surface area contributed by atoms with E-state index in [9.17, 15) is 0 Å². The van der Waals surface area contributed by atoms with Crippen LogP contribution in [0.15, 0.2) is 30.3 Å². The average molecular weight is 222 g/mol. The predicted molar refractivity (Wildman–Crippen MR) is 63.2 cm³/mol. The first kappa shape index (κ1) is 10.4. The molecule has 1 aromatic carbocycles. The summed E-state index contributed by atoms with van der Waals surface area (Å²) >= 11 is 5.04. The van der Waals surface area contributed by atoms with Gasteiger partial charge in [0.25, 0.3) is 5.17 Å². The van der Waals surface area contributed by atoms with E-state index in [0.717, 1.165) is 5.56 Å². The summed E-state index contributed by atoms with van der Waals surface area (Å²) in [5, 5.41) is 2.41. The second-order valence-electron chi connectivity index (χ2n) is 3.70. The summed E-state index contributed by atoms with van der Waals surface area (Å²) in [6, 6.07) is 10.4. The summed E-state index contributed by atoms with van der Waals surface area (Å²) in [7, 11) is 1.97. The average Bonchev–Trinajstić information content (AvgIpc) is 2.24. The quantitative estimate of drug-likeness (QED) is 0.733. The Bertz CT molecular complexity index is 355. The molecule has 2 atom stereocenters. The van der Waals surface area contributed by atoms with Crippen molar-refractivity contribution < 1.29 is 4.74 Å². The number of rotatable bonds is 1. The molecule has 0 radical (unpaired) electrons. The summed E-state index contributed by atoms with van der Waals surface area (Å²) in [6.45, 7) is 2.10. The van der Waals surface area contributed by atoms with E-state index in [0.29, 0.717) is 5.17 Å². The van der Waals surface area contributed by atoms with Crippen LogP contribution in [0, 0.1) is 0 Å². The molecule has 1 aromatic rings. The molecule has 0 unspecified atom stereocenters. The number of hydrazine groups is 1. The maximum absolute atomic E-state index is 5.63. The molecule has 1 N–H and O–H groups in total. The highest BCUT2D eigenvalue weighted by atomic mass is 32.1. The highest BCUT2D eigenvalue weighted by Crippen LogP contribution is 2.26. The summed E-state index contributed by atoms with van der Waals surface area (Å²) in [5.74, 6) is 0. The molecule has 0 bridgehead atoms. The van der Waals surface area contributed by atoms with Crippen molar-refractivity contribution in [2.24, 2.45) is 0 Å². The topological polar surface area (TPSA) is 24.5 Å². The number of benzene rings is 1. The van der Waals surface area contributed by atoms with Crippen LogP contribution in [-0.2, 0) is 4.74 Å². The van der Waals surface area contributed by atoms with Gasteiger partial charge in [-0.25, -0.2) is 5.01 Å². The Balaban J connectivity index is 2.24. The molecule has 0 saturated carbocycles. The zero-order valence-electron chi connectivity index (χ0n) is 8.81. The predicted octanol–water partition coefficient (Wildman–Crippen LogP) is 1.87. The van der Waals surface area contributed by atoms with Gasteiger partial charge in [-0.15, -0.1) is 0 Å². The van der Waals surface area contributed by atoms with Crippen molar-refractivity contribution in [1.82, 2.24) is 10.4 Å². The summed E-state index contributed by atoms with van der Waals surface area (Å²) in [5.41, 5.74) is 4.12. The lowest BCUT2D eigenvalue weighted by molar-refractivity contribution is 0.0184. The molecule has 0 amide bonds. The van der Waals surface area contributed by atoms with Crippen molar-refractivity contribution in [2.45, 2.75) is 19.1 Å². The highest BCUT2D eigenvalue weighted by molar-refractivity contribution is 7.80. The second-order valence-corrected chi connectivity index (χ2v) is 4.07. The van der Waals surface area contributed by atoms with Crippen LogP contribution in [0.4, 0.5) is 0 Å². The van der Waals surface area contributed by atoms with Gasteiger partial charge in [-0.3, -0.25) is 5.43 Å². The number of hydrogen-bond acceptors (Lipinski definition) is 3. The monoisotopic (exact) mass is 222 g/mol. The maximum atomic E-state index is 5.63. The van der Waals surface area contributed by atoms with E-state index in [4.69, 9.17) is 17.0 Å². The van der Waals surface area contributed by atoms with E-state index in [1.54, 1.807) is 0 Å². The molecule has 15 heavy (non-hydrogen) atoms. The van der Waals surface area contributed by atoms with Crippen molar-refractivity contribution in [3.05, 3.63) is 35.9 Å². The van der Waals surface area contributed by atoms with E-state index in [-0.39, 0.29) is 12.1 Å². The van der Waals surface area contributed by atoms with Gasteiger partial charge in [-0.1, -0.05) is 30.3 Å².